The van der Waals surface area contributed by atoms with Crippen LogP contribution in [0.3, 0.4) is 0 Å². The second-order valence-electron chi connectivity index (χ2n) is 3.53. The molecule has 0 aliphatic heterocycles. The molecule has 3 aromatic rings. The molecule has 0 saturated carbocycles. The number of rotatable bonds is 2. The average Bonchev–Trinajstić information content (AvgIpc) is 2.99. The van der Waals surface area contributed by atoms with E-state index in [1.165, 1.54) is 6.20 Å². The fraction of sp³-hybridized carbons (Fsp3) is 0. The minimum atomic E-state index is -0.270. The predicted molar refractivity (Wildman–Crippen MR) is 62.6 cm³/mol. The lowest BCUT2D eigenvalue weighted by Crippen LogP contribution is -2.13. The minimum Gasteiger partial charge on any atom is -0.345 e. The Hall–Kier alpha value is -2.63. The van der Waals surface area contributed by atoms with Gasteiger partial charge in [0.15, 0.2) is 5.82 Å². The van der Waals surface area contributed by atoms with E-state index >= 15 is 0 Å². The molecular weight excluding hydrogens is 218 g/mol. The summed E-state index contributed by atoms with van der Waals surface area (Å²) in [5.74, 6) is 0.0172. The van der Waals surface area contributed by atoms with Gasteiger partial charge in [-0.1, -0.05) is 0 Å². The Balaban J connectivity index is 1.87. The Morgan fingerprint density at radius 1 is 1.24 bits per heavy atom. The van der Waals surface area contributed by atoms with Crippen molar-refractivity contribution in [1.82, 2.24) is 19.9 Å². The number of hydrogen-bond donors (Lipinski definition) is 3. The van der Waals surface area contributed by atoms with Gasteiger partial charge in [-0.3, -0.25) is 4.79 Å². The SMILES string of the molecule is O=C(Nc1ccc2nc[nH]c2c1)c1ncc[nH]1. The minimum absolute atomic E-state index is 0.270. The molecule has 0 aliphatic carbocycles. The summed E-state index contributed by atoms with van der Waals surface area (Å²) in [6.45, 7) is 0. The van der Waals surface area contributed by atoms with E-state index in [1.54, 1.807) is 18.6 Å². The van der Waals surface area contributed by atoms with Crippen LogP contribution in [0.4, 0.5) is 5.69 Å². The molecule has 6 nitrogen and oxygen atoms in total. The Morgan fingerprint density at radius 3 is 3.00 bits per heavy atom. The molecule has 6 heteroatoms. The van der Waals surface area contributed by atoms with Gasteiger partial charge in [-0.25, -0.2) is 9.97 Å². The van der Waals surface area contributed by atoms with E-state index in [1.807, 2.05) is 12.1 Å². The molecule has 3 rings (SSSR count). The zero-order valence-electron chi connectivity index (χ0n) is 8.77. The van der Waals surface area contributed by atoms with Gasteiger partial charge in [0.25, 0.3) is 5.91 Å². The van der Waals surface area contributed by atoms with Crippen molar-refractivity contribution in [2.75, 3.05) is 5.32 Å². The van der Waals surface area contributed by atoms with Crippen LogP contribution in [0.5, 0.6) is 0 Å². The summed E-state index contributed by atoms with van der Waals surface area (Å²) in [5, 5.41) is 2.75. The highest BCUT2D eigenvalue weighted by Crippen LogP contribution is 2.15. The van der Waals surface area contributed by atoms with Gasteiger partial charge in [-0.2, -0.15) is 0 Å². The summed E-state index contributed by atoms with van der Waals surface area (Å²) in [5.41, 5.74) is 2.44. The first-order valence-corrected chi connectivity index (χ1v) is 5.07. The number of imidazole rings is 2. The maximum Gasteiger partial charge on any atom is 0.291 e. The lowest BCUT2D eigenvalue weighted by molar-refractivity contribution is 0.101. The molecule has 3 N–H and O–H groups in total. The number of carbonyl (C=O) groups excluding carboxylic acids is 1. The van der Waals surface area contributed by atoms with Gasteiger partial charge in [-0.05, 0) is 18.2 Å². The van der Waals surface area contributed by atoms with Gasteiger partial charge < -0.3 is 15.3 Å². The zero-order valence-corrected chi connectivity index (χ0v) is 8.77. The molecule has 0 radical (unpaired) electrons. The van der Waals surface area contributed by atoms with Gasteiger partial charge in [0, 0.05) is 18.1 Å². The molecule has 0 aliphatic rings. The van der Waals surface area contributed by atoms with Crippen LogP contribution >= 0.6 is 0 Å². The monoisotopic (exact) mass is 227 g/mol. The topological polar surface area (TPSA) is 86.5 Å². The van der Waals surface area contributed by atoms with Crippen molar-refractivity contribution < 1.29 is 4.79 Å². The summed E-state index contributed by atoms with van der Waals surface area (Å²) >= 11 is 0. The molecule has 0 unspecified atom stereocenters. The number of benzene rings is 1. The molecular formula is C11H9N5O. The first-order chi connectivity index (χ1) is 8.33. The number of fused-ring (bicyclic) bond motifs is 1. The quantitative estimate of drug-likeness (QED) is 0.620. The van der Waals surface area contributed by atoms with Gasteiger partial charge in [0.05, 0.1) is 17.4 Å². The number of nitrogens with zero attached hydrogens (tertiary/aromatic N) is 2. The number of anilines is 1. The molecule has 1 aromatic carbocycles. The molecule has 0 spiro atoms. The molecule has 84 valence electrons. The number of hydrogen-bond acceptors (Lipinski definition) is 3. The lowest BCUT2D eigenvalue weighted by Gasteiger charge is -2.02. The summed E-state index contributed by atoms with van der Waals surface area (Å²) in [4.78, 5) is 25.4. The maximum atomic E-state index is 11.7. The maximum absolute atomic E-state index is 11.7. The van der Waals surface area contributed by atoms with E-state index < -0.39 is 0 Å². The number of aromatic nitrogens is 4. The highest BCUT2D eigenvalue weighted by Gasteiger charge is 2.08. The first-order valence-electron chi connectivity index (χ1n) is 5.07. The molecule has 0 bridgehead atoms. The van der Waals surface area contributed by atoms with Crippen LogP contribution in [0.25, 0.3) is 11.0 Å². The Kier molecular flexibility index (Phi) is 2.11. The molecule has 0 atom stereocenters. The van der Waals surface area contributed by atoms with Crippen LogP contribution in [0.1, 0.15) is 10.6 Å². The first kappa shape index (κ1) is 9.59. The van der Waals surface area contributed by atoms with Crippen molar-refractivity contribution in [3.8, 4) is 0 Å². The van der Waals surface area contributed by atoms with Crippen LogP contribution in [0.2, 0.25) is 0 Å². The van der Waals surface area contributed by atoms with Crippen LogP contribution in [-0.4, -0.2) is 25.8 Å². The van der Waals surface area contributed by atoms with Crippen molar-refractivity contribution in [3.63, 3.8) is 0 Å². The van der Waals surface area contributed by atoms with Crippen LogP contribution in [0, 0.1) is 0 Å². The normalized spacial score (nSPS) is 10.6. The third-order valence-electron chi connectivity index (χ3n) is 2.39. The summed E-state index contributed by atoms with van der Waals surface area (Å²) in [6.07, 6.45) is 4.75. The van der Waals surface area contributed by atoms with Gasteiger partial charge >= 0.3 is 0 Å². The lowest BCUT2D eigenvalue weighted by atomic mass is 10.2. The summed E-state index contributed by atoms with van der Waals surface area (Å²) < 4.78 is 0. The fourth-order valence-electron chi connectivity index (χ4n) is 1.59. The second kappa shape index (κ2) is 3.75. The standard InChI is InChI=1S/C11H9N5O/c17-11(10-12-3-4-13-10)16-7-1-2-8-9(5-7)15-6-14-8/h1-6H,(H,12,13)(H,14,15)(H,16,17). The molecule has 17 heavy (non-hydrogen) atoms. The Bertz CT molecular complexity index is 655. The largest absolute Gasteiger partial charge is 0.345 e. The Morgan fingerprint density at radius 2 is 2.18 bits per heavy atom. The average molecular weight is 227 g/mol. The predicted octanol–water partition coefficient (Wildman–Crippen LogP) is 1.54. The van der Waals surface area contributed by atoms with Crippen LogP contribution < -0.4 is 5.32 Å². The highest BCUT2D eigenvalue weighted by molar-refractivity contribution is 6.02. The second-order valence-corrected chi connectivity index (χ2v) is 3.53. The van der Waals surface area contributed by atoms with Gasteiger partial charge in [-0.15, -0.1) is 0 Å². The molecule has 2 heterocycles. The smallest absolute Gasteiger partial charge is 0.291 e. The Labute approximate surface area is 96.1 Å². The van der Waals surface area contributed by atoms with E-state index in [2.05, 4.69) is 25.3 Å². The van der Waals surface area contributed by atoms with Gasteiger partial charge in [0.1, 0.15) is 0 Å². The highest BCUT2D eigenvalue weighted by atomic mass is 16.2. The van der Waals surface area contributed by atoms with E-state index in [0.29, 0.717) is 5.69 Å². The van der Waals surface area contributed by atoms with E-state index in [4.69, 9.17) is 0 Å². The van der Waals surface area contributed by atoms with Crippen molar-refractivity contribution in [1.29, 1.82) is 0 Å². The van der Waals surface area contributed by atoms with Crippen LogP contribution in [-0.2, 0) is 0 Å². The van der Waals surface area contributed by atoms with Crippen molar-refractivity contribution >= 4 is 22.6 Å². The van der Waals surface area contributed by atoms with Crippen LogP contribution in [0.15, 0.2) is 36.9 Å². The van der Waals surface area contributed by atoms with E-state index in [0.717, 1.165) is 11.0 Å². The summed E-state index contributed by atoms with van der Waals surface area (Å²) in [7, 11) is 0. The van der Waals surface area contributed by atoms with Crippen molar-refractivity contribution in [3.05, 3.63) is 42.7 Å². The molecule has 2 aromatic heterocycles. The number of H-pyrrole nitrogens is 2. The third kappa shape index (κ3) is 1.76. The summed E-state index contributed by atoms with van der Waals surface area (Å²) in [6, 6.07) is 5.46. The van der Waals surface area contributed by atoms with Gasteiger partial charge in [0.2, 0.25) is 0 Å². The third-order valence-corrected chi connectivity index (χ3v) is 2.39. The molecule has 0 saturated heterocycles. The van der Waals surface area contributed by atoms with E-state index in [9.17, 15) is 4.79 Å². The fourth-order valence-corrected chi connectivity index (χ4v) is 1.59. The van der Waals surface area contributed by atoms with E-state index in [-0.39, 0.29) is 11.7 Å². The zero-order chi connectivity index (χ0) is 11.7. The molecule has 1 amide bonds. The number of aromatic amines is 2. The number of carbonyl (C=O) groups is 1. The van der Waals surface area contributed by atoms with Crippen molar-refractivity contribution in [2.45, 2.75) is 0 Å². The number of amides is 1. The molecule has 0 fully saturated rings. The number of nitrogens with one attached hydrogen (secondary N) is 3. The van der Waals surface area contributed by atoms with Crippen molar-refractivity contribution in [2.24, 2.45) is 0 Å².